The summed E-state index contributed by atoms with van der Waals surface area (Å²) in [5, 5.41) is 19.4. The van der Waals surface area contributed by atoms with Crippen LogP contribution in [-0.2, 0) is 16.1 Å². The molecule has 0 aromatic heterocycles. The van der Waals surface area contributed by atoms with Gasteiger partial charge in [-0.1, -0.05) is 43.2 Å². The van der Waals surface area contributed by atoms with E-state index < -0.39 is 17.5 Å². The van der Waals surface area contributed by atoms with Gasteiger partial charge in [0, 0.05) is 0 Å². The van der Waals surface area contributed by atoms with Gasteiger partial charge in [0.05, 0.1) is 24.7 Å². The van der Waals surface area contributed by atoms with Crippen molar-refractivity contribution in [1.29, 1.82) is 0 Å². The number of hydrogen-bond acceptors (Lipinski definition) is 3. The minimum Gasteiger partial charge on any atom is -0.481 e. The molecule has 0 amide bonds. The molecule has 2 N–H and O–H groups in total. The predicted octanol–water partition coefficient (Wildman–Crippen LogP) is 2.60. The Hall–Kier alpha value is -1.39. The van der Waals surface area contributed by atoms with Gasteiger partial charge in [-0.15, -0.1) is 0 Å². The van der Waals surface area contributed by atoms with E-state index in [1.54, 1.807) is 0 Å². The monoisotopic (exact) mass is 278 g/mol. The fourth-order valence-electron chi connectivity index (χ4n) is 2.95. The van der Waals surface area contributed by atoms with Crippen molar-refractivity contribution in [2.45, 2.75) is 44.8 Å². The highest BCUT2D eigenvalue weighted by atomic mass is 16.5. The standard InChI is InChI=1S/C16H22O4/c17-14(10-16(15(18)19)8-4-5-9-16)12-20-11-13-6-2-1-3-7-13/h1-3,6-7,14,17H,4-5,8-12H2,(H,18,19). The molecular weight excluding hydrogens is 256 g/mol. The SMILES string of the molecule is O=C(O)C1(CC(O)COCc2ccccc2)CCCC1. The smallest absolute Gasteiger partial charge is 0.309 e. The quantitative estimate of drug-likeness (QED) is 0.804. The van der Waals surface area contributed by atoms with Crippen molar-refractivity contribution in [3.8, 4) is 0 Å². The lowest BCUT2D eigenvalue weighted by Crippen LogP contribution is -2.33. The molecular formula is C16H22O4. The van der Waals surface area contributed by atoms with Crippen molar-refractivity contribution >= 4 is 5.97 Å². The number of aliphatic carboxylic acids is 1. The minimum absolute atomic E-state index is 0.184. The molecule has 1 aromatic carbocycles. The van der Waals surface area contributed by atoms with Gasteiger partial charge < -0.3 is 14.9 Å². The second kappa shape index (κ2) is 6.86. The van der Waals surface area contributed by atoms with Gasteiger partial charge in [0.25, 0.3) is 0 Å². The van der Waals surface area contributed by atoms with E-state index in [0.717, 1.165) is 18.4 Å². The summed E-state index contributed by atoms with van der Waals surface area (Å²) in [5.41, 5.74) is 0.309. The van der Waals surface area contributed by atoms with Crippen LogP contribution < -0.4 is 0 Å². The van der Waals surface area contributed by atoms with Crippen LogP contribution in [0.1, 0.15) is 37.7 Å². The summed E-state index contributed by atoms with van der Waals surface area (Å²) in [6.45, 7) is 0.627. The van der Waals surface area contributed by atoms with Gasteiger partial charge in [-0.05, 0) is 24.8 Å². The average molecular weight is 278 g/mol. The van der Waals surface area contributed by atoms with Crippen molar-refractivity contribution in [3.05, 3.63) is 35.9 Å². The lowest BCUT2D eigenvalue weighted by atomic mass is 9.81. The Bertz CT molecular complexity index is 423. The maximum atomic E-state index is 11.4. The number of carboxylic acid groups (broad SMARTS) is 1. The van der Waals surface area contributed by atoms with Crippen molar-refractivity contribution in [2.75, 3.05) is 6.61 Å². The highest BCUT2D eigenvalue weighted by molar-refractivity contribution is 5.75. The van der Waals surface area contributed by atoms with E-state index in [0.29, 0.717) is 19.4 Å². The van der Waals surface area contributed by atoms with E-state index in [1.165, 1.54) is 0 Å². The summed E-state index contributed by atoms with van der Waals surface area (Å²) >= 11 is 0. The Balaban J connectivity index is 1.77. The van der Waals surface area contributed by atoms with Crippen LogP contribution in [0.4, 0.5) is 0 Å². The van der Waals surface area contributed by atoms with Gasteiger partial charge in [0.15, 0.2) is 0 Å². The number of ether oxygens (including phenoxy) is 1. The molecule has 1 aromatic rings. The summed E-state index contributed by atoms with van der Waals surface area (Å²) < 4.78 is 5.47. The molecule has 1 atom stereocenters. The third-order valence-corrected chi connectivity index (χ3v) is 4.06. The zero-order valence-electron chi connectivity index (χ0n) is 11.6. The summed E-state index contributed by atoms with van der Waals surface area (Å²) in [4.78, 5) is 11.4. The van der Waals surface area contributed by atoms with Crippen molar-refractivity contribution < 1.29 is 19.7 Å². The molecule has 1 saturated carbocycles. The minimum atomic E-state index is -0.780. The fourth-order valence-corrected chi connectivity index (χ4v) is 2.95. The number of rotatable bonds is 7. The zero-order valence-corrected chi connectivity index (χ0v) is 11.6. The summed E-state index contributed by atoms with van der Waals surface area (Å²) in [6.07, 6.45) is 2.77. The molecule has 1 aliphatic carbocycles. The Morgan fingerprint density at radius 2 is 1.90 bits per heavy atom. The molecule has 4 nitrogen and oxygen atoms in total. The number of hydrogen-bond donors (Lipinski definition) is 2. The molecule has 110 valence electrons. The first-order chi connectivity index (χ1) is 9.62. The molecule has 0 saturated heterocycles. The summed E-state index contributed by atoms with van der Waals surface area (Å²) in [6, 6.07) is 9.74. The van der Waals surface area contributed by atoms with Crippen LogP contribution in [0.15, 0.2) is 30.3 Å². The summed E-state index contributed by atoms with van der Waals surface area (Å²) in [7, 11) is 0. The van der Waals surface area contributed by atoms with Gasteiger partial charge in [-0.25, -0.2) is 0 Å². The van der Waals surface area contributed by atoms with Gasteiger partial charge >= 0.3 is 5.97 Å². The maximum absolute atomic E-state index is 11.4. The van der Waals surface area contributed by atoms with E-state index in [2.05, 4.69) is 0 Å². The zero-order chi connectivity index (χ0) is 14.4. The molecule has 2 rings (SSSR count). The van der Waals surface area contributed by atoms with Crippen LogP contribution in [0.5, 0.6) is 0 Å². The highest BCUT2D eigenvalue weighted by Gasteiger charge is 2.42. The van der Waals surface area contributed by atoms with Crippen LogP contribution in [0.25, 0.3) is 0 Å². The first-order valence-electron chi connectivity index (χ1n) is 7.15. The number of benzene rings is 1. The Kier molecular flexibility index (Phi) is 5.15. The third-order valence-electron chi connectivity index (χ3n) is 4.06. The number of aliphatic hydroxyl groups is 1. The van der Waals surface area contributed by atoms with Gasteiger partial charge in [-0.3, -0.25) is 4.79 Å². The number of carboxylic acids is 1. The van der Waals surface area contributed by atoms with Gasteiger partial charge in [0.2, 0.25) is 0 Å². The van der Waals surface area contributed by atoms with E-state index in [-0.39, 0.29) is 13.0 Å². The first kappa shape index (κ1) is 15.0. The van der Waals surface area contributed by atoms with Gasteiger partial charge in [-0.2, -0.15) is 0 Å². The van der Waals surface area contributed by atoms with Crippen LogP contribution in [-0.4, -0.2) is 28.9 Å². The van der Waals surface area contributed by atoms with E-state index in [1.807, 2.05) is 30.3 Å². The Morgan fingerprint density at radius 1 is 1.25 bits per heavy atom. The number of carbonyl (C=O) groups is 1. The molecule has 1 fully saturated rings. The van der Waals surface area contributed by atoms with Crippen LogP contribution in [0.2, 0.25) is 0 Å². The second-order valence-electron chi connectivity index (χ2n) is 5.65. The first-order valence-corrected chi connectivity index (χ1v) is 7.15. The molecule has 0 radical (unpaired) electrons. The molecule has 1 unspecified atom stereocenters. The van der Waals surface area contributed by atoms with E-state index >= 15 is 0 Å². The normalized spacial score (nSPS) is 18.9. The topological polar surface area (TPSA) is 66.8 Å². The molecule has 0 heterocycles. The van der Waals surface area contributed by atoms with Crippen LogP contribution in [0, 0.1) is 5.41 Å². The molecule has 0 bridgehead atoms. The van der Waals surface area contributed by atoms with Crippen LogP contribution in [0.3, 0.4) is 0 Å². The molecule has 20 heavy (non-hydrogen) atoms. The fraction of sp³-hybridized carbons (Fsp3) is 0.562. The molecule has 0 spiro atoms. The average Bonchev–Trinajstić information content (AvgIpc) is 2.90. The Labute approximate surface area is 119 Å². The second-order valence-corrected chi connectivity index (χ2v) is 5.65. The Morgan fingerprint density at radius 3 is 2.50 bits per heavy atom. The molecule has 1 aliphatic rings. The van der Waals surface area contributed by atoms with Crippen molar-refractivity contribution in [1.82, 2.24) is 0 Å². The maximum Gasteiger partial charge on any atom is 0.309 e. The van der Waals surface area contributed by atoms with Crippen molar-refractivity contribution in [2.24, 2.45) is 5.41 Å². The molecule has 4 heteroatoms. The lowest BCUT2D eigenvalue weighted by molar-refractivity contribution is -0.151. The highest BCUT2D eigenvalue weighted by Crippen LogP contribution is 2.42. The van der Waals surface area contributed by atoms with E-state index in [4.69, 9.17) is 4.74 Å². The third kappa shape index (κ3) is 3.81. The summed E-state index contributed by atoms with van der Waals surface area (Å²) in [5.74, 6) is -0.780. The molecule has 0 aliphatic heterocycles. The van der Waals surface area contributed by atoms with E-state index in [9.17, 15) is 15.0 Å². The predicted molar refractivity (Wildman–Crippen MR) is 75.3 cm³/mol. The lowest BCUT2D eigenvalue weighted by Gasteiger charge is -2.26. The van der Waals surface area contributed by atoms with Crippen molar-refractivity contribution in [3.63, 3.8) is 0 Å². The van der Waals surface area contributed by atoms with Crippen LogP contribution >= 0.6 is 0 Å². The van der Waals surface area contributed by atoms with Gasteiger partial charge in [0.1, 0.15) is 0 Å². The number of aliphatic hydroxyl groups excluding tert-OH is 1. The largest absolute Gasteiger partial charge is 0.481 e.